The highest BCUT2D eigenvalue weighted by atomic mass is 35.5. The Labute approximate surface area is 105 Å². The molecule has 0 aliphatic heterocycles. The monoisotopic (exact) mass is 252 g/mol. The quantitative estimate of drug-likeness (QED) is 0.887. The first-order valence-electron chi connectivity index (χ1n) is 5.62. The van der Waals surface area contributed by atoms with Crippen LogP contribution in [0.1, 0.15) is 19.0 Å². The molecule has 0 radical (unpaired) electrons. The highest BCUT2D eigenvalue weighted by Gasteiger charge is 2.09. The molecule has 1 aromatic heterocycles. The van der Waals surface area contributed by atoms with E-state index in [1.807, 2.05) is 13.0 Å². The van der Waals surface area contributed by atoms with Crippen molar-refractivity contribution < 1.29 is 4.39 Å². The van der Waals surface area contributed by atoms with Crippen LogP contribution >= 0.6 is 11.6 Å². The Morgan fingerprint density at radius 3 is 2.82 bits per heavy atom. The molecular weight excluding hydrogens is 239 g/mol. The number of hydrogen-bond acceptors (Lipinski definition) is 2. The molecule has 0 saturated heterocycles. The van der Waals surface area contributed by atoms with E-state index < -0.39 is 0 Å². The molecule has 4 heteroatoms. The van der Waals surface area contributed by atoms with Gasteiger partial charge in [-0.15, -0.1) is 0 Å². The Kier molecular flexibility index (Phi) is 3.48. The topological polar surface area (TPSA) is 24.9 Å². The average Bonchev–Trinajstić information content (AvgIpc) is 2.27. The fourth-order valence-corrected chi connectivity index (χ4v) is 1.99. The molecule has 0 aliphatic rings. The Hall–Kier alpha value is -1.35. The maximum Gasteiger partial charge on any atom is 0.150 e. The lowest BCUT2D eigenvalue weighted by molar-refractivity contribution is 0.636. The van der Waals surface area contributed by atoms with Gasteiger partial charge in [-0.05, 0) is 31.5 Å². The van der Waals surface area contributed by atoms with Gasteiger partial charge < -0.3 is 5.32 Å². The van der Waals surface area contributed by atoms with E-state index in [1.165, 1.54) is 6.07 Å². The van der Waals surface area contributed by atoms with Crippen LogP contribution in [-0.2, 0) is 0 Å². The van der Waals surface area contributed by atoms with Gasteiger partial charge in [0.25, 0.3) is 0 Å². The van der Waals surface area contributed by atoms with Gasteiger partial charge in [0, 0.05) is 28.3 Å². The van der Waals surface area contributed by atoms with Crippen LogP contribution in [0.4, 0.5) is 10.1 Å². The molecule has 0 bridgehead atoms. The molecule has 1 heterocycles. The van der Waals surface area contributed by atoms with Crippen molar-refractivity contribution in [2.24, 2.45) is 0 Å². The number of hydrogen-bond donors (Lipinski definition) is 1. The molecule has 0 amide bonds. The number of nitrogens with one attached hydrogen (secondary N) is 1. The van der Waals surface area contributed by atoms with Crippen molar-refractivity contribution >= 4 is 28.2 Å². The molecule has 2 nitrogen and oxygen atoms in total. The summed E-state index contributed by atoms with van der Waals surface area (Å²) >= 11 is 5.87. The van der Waals surface area contributed by atoms with Crippen molar-refractivity contribution in [2.75, 3.05) is 11.9 Å². The van der Waals surface area contributed by atoms with Crippen LogP contribution in [-0.4, -0.2) is 11.5 Å². The van der Waals surface area contributed by atoms with Crippen molar-refractivity contribution in [3.8, 4) is 0 Å². The summed E-state index contributed by atoms with van der Waals surface area (Å²) in [5.41, 5.74) is 2.04. The third-order valence-electron chi connectivity index (χ3n) is 2.53. The summed E-state index contributed by atoms with van der Waals surface area (Å²) < 4.78 is 13.8. The minimum atomic E-state index is -0.379. The zero-order chi connectivity index (χ0) is 12.4. The third-order valence-corrected chi connectivity index (χ3v) is 2.74. The smallest absolute Gasteiger partial charge is 0.150 e. The number of nitrogens with zero attached hydrogens (tertiary/aromatic N) is 1. The Bertz CT molecular complexity index is 555. The summed E-state index contributed by atoms with van der Waals surface area (Å²) in [6, 6.07) is 4.94. The summed E-state index contributed by atoms with van der Waals surface area (Å²) in [7, 11) is 0. The summed E-state index contributed by atoms with van der Waals surface area (Å²) in [5, 5.41) is 4.39. The number of benzene rings is 1. The van der Waals surface area contributed by atoms with Gasteiger partial charge in [-0.25, -0.2) is 9.37 Å². The first-order chi connectivity index (χ1) is 8.11. The van der Waals surface area contributed by atoms with Gasteiger partial charge >= 0.3 is 0 Å². The van der Waals surface area contributed by atoms with Gasteiger partial charge in [-0.2, -0.15) is 0 Å². The number of fused-ring (bicyclic) bond motifs is 1. The highest BCUT2D eigenvalue weighted by Crippen LogP contribution is 2.28. The fraction of sp³-hybridized carbons (Fsp3) is 0.308. The molecule has 17 heavy (non-hydrogen) atoms. The lowest BCUT2D eigenvalue weighted by atomic mass is 10.1. The van der Waals surface area contributed by atoms with E-state index in [-0.39, 0.29) is 5.82 Å². The summed E-state index contributed by atoms with van der Waals surface area (Å²) in [4.78, 5) is 4.21. The van der Waals surface area contributed by atoms with E-state index >= 15 is 0 Å². The molecule has 0 fully saturated rings. The van der Waals surface area contributed by atoms with Gasteiger partial charge in [-0.1, -0.05) is 18.5 Å². The molecule has 2 aromatic rings. The number of pyridine rings is 1. The van der Waals surface area contributed by atoms with E-state index in [9.17, 15) is 4.39 Å². The number of halogens is 2. The minimum absolute atomic E-state index is 0.369. The predicted octanol–water partition coefficient (Wildman–Crippen LogP) is 4.16. The van der Waals surface area contributed by atoms with Crippen molar-refractivity contribution in [3.05, 3.63) is 34.7 Å². The van der Waals surface area contributed by atoms with Gasteiger partial charge in [0.15, 0.2) is 5.82 Å². The molecule has 0 unspecified atom stereocenters. The maximum atomic E-state index is 13.8. The van der Waals surface area contributed by atoms with Crippen LogP contribution < -0.4 is 5.32 Å². The molecule has 90 valence electrons. The first-order valence-corrected chi connectivity index (χ1v) is 6.00. The van der Waals surface area contributed by atoms with E-state index in [1.54, 1.807) is 6.07 Å². The van der Waals surface area contributed by atoms with Gasteiger partial charge in [-0.3, -0.25) is 0 Å². The minimum Gasteiger partial charge on any atom is -0.384 e. The second-order valence-electron chi connectivity index (χ2n) is 4.02. The molecular formula is C13H14ClFN2. The van der Waals surface area contributed by atoms with Crippen LogP contribution in [0.2, 0.25) is 5.02 Å². The Morgan fingerprint density at radius 1 is 1.35 bits per heavy atom. The lowest BCUT2D eigenvalue weighted by Crippen LogP contribution is -2.02. The molecule has 1 N–H and O–H groups in total. The number of rotatable bonds is 3. The zero-order valence-electron chi connectivity index (χ0n) is 9.85. The van der Waals surface area contributed by atoms with Crippen molar-refractivity contribution in [3.63, 3.8) is 0 Å². The Balaban J connectivity index is 2.64. The van der Waals surface area contributed by atoms with Crippen LogP contribution in [0.5, 0.6) is 0 Å². The predicted molar refractivity (Wildman–Crippen MR) is 70.2 cm³/mol. The molecule has 1 aromatic carbocycles. The van der Waals surface area contributed by atoms with Gasteiger partial charge in [0.2, 0.25) is 0 Å². The summed E-state index contributed by atoms with van der Waals surface area (Å²) in [5.74, 6) is -0.379. The van der Waals surface area contributed by atoms with Gasteiger partial charge in [0.1, 0.15) is 5.52 Å². The van der Waals surface area contributed by atoms with Crippen molar-refractivity contribution in [1.82, 2.24) is 4.98 Å². The van der Waals surface area contributed by atoms with Crippen molar-refractivity contribution in [1.29, 1.82) is 0 Å². The van der Waals surface area contributed by atoms with E-state index in [4.69, 9.17) is 11.6 Å². The highest BCUT2D eigenvalue weighted by molar-refractivity contribution is 6.31. The third kappa shape index (κ3) is 2.50. The van der Waals surface area contributed by atoms with Crippen LogP contribution in [0, 0.1) is 12.7 Å². The SMILES string of the molecule is CCCNc1cc(C)nc2c(F)cc(Cl)cc12. The fourth-order valence-electron chi connectivity index (χ4n) is 1.79. The number of anilines is 1. The molecule has 0 aliphatic carbocycles. The zero-order valence-corrected chi connectivity index (χ0v) is 10.6. The second kappa shape index (κ2) is 4.88. The molecule has 0 atom stereocenters. The van der Waals surface area contributed by atoms with Gasteiger partial charge in [0.05, 0.1) is 0 Å². The molecule has 0 saturated carbocycles. The standard InChI is InChI=1S/C13H14ClFN2/c1-3-4-16-12-5-8(2)17-13-10(12)6-9(14)7-11(13)15/h5-7H,3-4H2,1-2H3,(H,16,17). The van der Waals surface area contributed by atoms with Crippen LogP contribution in [0.3, 0.4) is 0 Å². The van der Waals surface area contributed by atoms with Crippen molar-refractivity contribution in [2.45, 2.75) is 20.3 Å². The molecule has 2 rings (SSSR count). The second-order valence-corrected chi connectivity index (χ2v) is 4.46. The normalized spacial score (nSPS) is 10.8. The van der Waals surface area contributed by atoms with Crippen LogP contribution in [0.25, 0.3) is 10.9 Å². The van der Waals surface area contributed by atoms with E-state index in [2.05, 4.69) is 17.2 Å². The lowest BCUT2D eigenvalue weighted by Gasteiger charge is -2.10. The number of aromatic nitrogens is 1. The Morgan fingerprint density at radius 2 is 2.12 bits per heavy atom. The molecule has 0 spiro atoms. The first kappa shape index (κ1) is 12.1. The average molecular weight is 253 g/mol. The van der Waals surface area contributed by atoms with E-state index in [0.29, 0.717) is 10.5 Å². The van der Waals surface area contributed by atoms with E-state index in [0.717, 1.165) is 29.7 Å². The number of aryl methyl sites for hydroxylation is 1. The summed E-state index contributed by atoms with van der Waals surface area (Å²) in [6.07, 6.45) is 1.01. The van der Waals surface area contributed by atoms with Crippen LogP contribution in [0.15, 0.2) is 18.2 Å². The summed E-state index contributed by atoms with van der Waals surface area (Å²) in [6.45, 7) is 4.77. The largest absolute Gasteiger partial charge is 0.384 e. The maximum absolute atomic E-state index is 13.8.